The second-order valence-electron chi connectivity index (χ2n) is 8.79. The normalized spacial score (nSPS) is 14.4. The van der Waals surface area contributed by atoms with Gasteiger partial charge in [-0.2, -0.15) is 0 Å². The van der Waals surface area contributed by atoms with Gasteiger partial charge in [-0.15, -0.1) is 0 Å². The van der Waals surface area contributed by atoms with Crippen molar-refractivity contribution in [3.8, 4) is 0 Å². The molecule has 0 bridgehead atoms. The highest BCUT2D eigenvalue weighted by atomic mass is 19.1. The average Bonchev–Trinajstić information content (AvgIpc) is 3.37. The summed E-state index contributed by atoms with van der Waals surface area (Å²) >= 11 is 0. The van der Waals surface area contributed by atoms with Crippen molar-refractivity contribution in [3.05, 3.63) is 107 Å². The number of benzene rings is 3. The van der Waals surface area contributed by atoms with Crippen LogP contribution < -0.4 is 10.6 Å². The number of imide groups is 1. The molecule has 1 aromatic heterocycles. The van der Waals surface area contributed by atoms with Crippen molar-refractivity contribution in [1.82, 2.24) is 14.8 Å². The molecule has 1 saturated heterocycles. The second kappa shape index (κ2) is 10.1. The molecule has 2 heterocycles. The van der Waals surface area contributed by atoms with Gasteiger partial charge in [0.05, 0.1) is 0 Å². The van der Waals surface area contributed by atoms with Crippen molar-refractivity contribution < 1.29 is 18.8 Å². The summed E-state index contributed by atoms with van der Waals surface area (Å²) in [5.74, 6) is -1.32. The summed E-state index contributed by atoms with van der Waals surface area (Å²) in [6.45, 7) is 2.10. The number of para-hydroxylation sites is 2. The minimum atomic E-state index is -0.648. The molecule has 0 radical (unpaired) electrons. The van der Waals surface area contributed by atoms with Crippen LogP contribution in [-0.4, -0.2) is 33.9 Å². The van der Waals surface area contributed by atoms with Crippen LogP contribution in [0.15, 0.2) is 84.7 Å². The Labute approximate surface area is 213 Å². The molecule has 37 heavy (non-hydrogen) atoms. The van der Waals surface area contributed by atoms with Gasteiger partial charge in [-0.1, -0.05) is 55.5 Å². The van der Waals surface area contributed by atoms with E-state index in [2.05, 4.69) is 10.6 Å². The summed E-state index contributed by atoms with van der Waals surface area (Å²) in [5, 5.41) is 6.28. The molecule has 4 aromatic rings. The molecule has 0 spiro atoms. The second-order valence-corrected chi connectivity index (χ2v) is 8.79. The lowest BCUT2D eigenvalue weighted by Gasteiger charge is -2.13. The molecule has 1 fully saturated rings. The minimum absolute atomic E-state index is 0.0939. The number of rotatable bonds is 7. The molecular formula is C29H25FN4O3. The van der Waals surface area contributed by atoms with Crippen molar-refractivity contribution in [1.29, 1.82) is 0 Å². The first-order chi connectivity index (χ1) is 17.9. The van der Waals surface area contributed by atoms with E-state index < -0.39 is 24.4 Å². The first-order valence-corrected chi connectivity index (χ1v) is 12.0. The van der Waals surface area contributed by atoms with E-state index in [0.29, 0.717) is 12.2 Å². The van der Waals surface area contributed by atoms with Gasteiger partial charge in [-0.25, -0.2) is 14.1 Å². The van der Waals surface area contributed by atoms with E-state index >= 15 is 0 Å². The number of carbonyl (C=O) groups excluding carboxylic acids is 3. The van der Waals surface area contributed by atoms with Crippen LogP contribution in [0.2, 0.25) is 0 Å². The molecule has 0 atom stereocenters. The molecule has 1 aliphatic rings. The monoisotopic (exact) mass is 496 g/mol. The van der Waals surface area contributed by atoms with E-state index in [1.54, 1.807) is 24.3 Å². The largest absolute Gasteiger partial charge is 0.342 e. The fourth-order valence-corrected chi connectivity index (χ4v) is 4.46. The zero-order valence-corrected chi connectivity index (χ0v) is 20.2. The number of amides is 4. The number of hydrogen-bond donors (Lipinski definition) is 2. The van der Waals surface area contributed by atoms with E-state index in [-0.39, 0.29) is 11.5 Å². The number of aromatic nitrogens is 1. The third-order valence-electron chi connectivity index (χ3n) is 6.32. The van der Waals surface area contributed by atoms with Crippen LogP contribution in [0.4, 0.5) is 14.9 Å². The van der Waals surface area contributed by atoms with Gasteiger partial charge in [0.2, 0.25) is 5.91 Å². The molecule has 0 saturated carbocycles. The van der Waals surface area contributed by atoms with Crippen molar-refractivity contribution in [2.75, 3.05) is 11.9 Å². The number of anilines is 1. The molecule has 8 heteroatoms. The third kappa shape index (κ3) is 4.99. The standard InChI is InChI=1S/C29H25FN4O3/c1-2-20-7-3-5-9-24(20)31-27(35)18-34-28(36)25(32-29(34)37)15-21-17-33(26-10-6-4-8-23(21)26)16-19-11-13-22(30)14-12-19/h3-15,17H,2,16,18H2,1H3,(H,31,35)(H,32,37)/b25-15+. The smallest absolute Gasteiger partial charge is 0.329 e. The number of urea groups is 1. The van der Waals surface area contributed by atoms with Crippen molar-refractivity contribution >= 4 is 40.5 Å². The van der Waals surface area contributed by atoms with Gasteiger partial charge in [0.25, 0.3) is 5.91 Å². The highest BCUT2D eigenvalue weighted by Gasteiger charge is 2.35. The fourth-order valence-electron chi connectivity index (χ4n) is 4.46. The third-order valence-corrected chi connectivity index (χ3v) is 6.32. The summed E-state index contributed by atoms with van der Waals surface area (Å²) in [7, 11) is 0. The lowest BCUT2D eigenvalue weighted by atomic mass is 10.1. The van der Waals surface area contributed by atoms with Crippen LogP contribution in [0.1, 0.15) is 23.6 Å². The van der Waals surface area contributed by atoms with Crippen molar-refractivity contribution in [2.24, 2.45) is 0 Å². The summed E-state index contributed by atoms with van der Waals surface area (Å²) in [4.78, 5) is 39.2. The SMILES string of the molecule is CCc1ccccc1NC(=O)CN1C(=O)N/C(=C/c2cn(Cc3ccc(F)cc3)c3ccccc23)C1=O. The average molecular weight is 497 g/mol. The quantitative estimate of drug-likeness (QED) is 0.281. The molecule has 7 nitrogen and oxygen atoms in total. The van der Waals surface area contributed by atoms with Gasteiger partial charge in [0.1, 0.15) is 18.1 Å². The molecule has 3 aromatic carbocycles. The summed E-state index contributed by atoms with van der Waals surface area (Å²) in [6, 6.07) is 20.8. The predicted molar refractivity (Wildman–Crippen MR) is 140 cm³/mol. The number of carbonyl (C=O) groups is 3. The summed E-state index contributed by atoms with van der Waals surface area (Å²) < 4.78 is 15.3. The number of aryl methyl sites for hydroxylation is 1. The Bertz CT molecular complexity index is 1540. The van der Waals surface area contributed by atoms with Gasteiger partial charge in [-0.3, -0.25) is 9.59 Å². The maximum atomic E-state index is 13.3. The Hall–Kier alpha value is -4.72. The van der Waals surface area contributed by atoms with Crippen molar-refractivity contribution in [3.63, 3.8) is 0 Å². The fraction of sp³-hybridized carbons (Fsp3) is 0.138. The summed E-state index contributed by atoms with van der Waals surface area (Å²) in [5.41, 5.74) is 4.31. The van der Waals surface area contributed by atoms with E-state index in [9.17, 15) is 18.8 Å². The Balaban J connectivity index is 1.37. The molecule has 5 rings (SSSR count). The van der Waals surface area contributed by atoms with Crippen LogP contribution in [-0.2, 0) is 22.6 Å². The maximum absolute atomic E-state index is 13.3. The number of nitrogens with one attached hydrogen (secondary N) is 2. The molecule has 186 valence electrons. The minimum Gasteiger partial charge on any atom is -0.342 e. The molecule has 4 amide bonds. The van der Waals surface area contributed by atoms with Crippen LogP contribution in [0, 0.1) is 5.82 Å². The lowest BCUT2D eigenvalue weighted by molar-refractivity contribution is -0.127. The molecule has 2 N–H and O–H groups in total. The lowest BCUT2D eigenvalue weighted by Crippen LogP contribution is -2.38. The zero-order chi connectivity index (χ0) is 25.9. The van der Waals surface area contributed by atoms with Gasteiger partial charge in [0.15, 0.2) is 0 Å². The Morgan fingerprint density at radius 2 is 1.73 bits per heavy atom. The number of nitrogens with zero attached hydrogens (tertiary/aromatic N) is 2. The Morgan fingerprint density at radius 3 is 2.51 bits per heavy atom. The highest BCUT2D eigenvalue weighted by molar-refractivity contribution is 6.16. The van der Waals surface area contributed by atoms with E-state index in [1.807, 2.05) is 60.2 Å². The van der Waals surface area contributed by atoms with Gasteiger partial charge >= 0.3 is 6.03 Å². The van der Waals surface area contributed by atoms with E-state index in [4.69, 9.17) is 0 Å². The summed E-state index contributed by atoms with van der Waals surface area (Å²) in [6.07, 6.45) is 4.24. The number of hydrogen-bond acceptors (Lipinski definition) is 3. The van der Waals surface area contributed by atoms with E-state index in [1.165, 1.54) is 12.1 Å². The van der Waals surface area contributed by atoms with Crippen molar-refractivity contribution in [2.45, 2.75) is 19.9 Å². The number of halogens is 1. The predicted octanol–water partition coefficient (Wildman–Crippen LogP) is 4.92. The first kappa shape index (κ1) is 24.0. The van der Waals surface area contributed by atoms with Crippen LogP contribution in [0.5, 0.6) is 0 Å². The van der Waals surface area contributed by atoms with Gasteiger partial charge in [-0.05, 0) is 47.9 Å². The molecule has 0 aliphatic carbocycles. The molecule has 1 aliphatic heterocycles. The maximum Gasteiger partial charge on any atom is 0.329 e. The van der Waals surface area contributed by atoms with Crippen LogP contribution in [0.3, 0.4) is 0 Å². The van der Waals surface area contributed by atoms with Gasteiger partial charge < -0.3 is 15.2 Å². The first-order valence-electron chi connectivity index (χ1n) is 12.0. The molecular weight excluding hydrogens is 471 g/mol. The highest BCUT2D eigenvalue weighted by Crippen LogP contribution is 2.26. The van der Waals surface area contributed by atoms with Crippen LogP contribution >= 0.6 is 0 Å². The van der Waals surface area contributed by atoms with Crippen LogP contribution in [0.25, 0.3) is 17.0 Å². The zero-order valence-electron chi connectivity index (χ0n) is 20.2. The Kier molecular flexibility index (Phi) is 6.55. The van der Waals surface area contributed by atoms with E-state index in [0.717, 1.165) is 38.9 Å². The van der Waals surface area contributed by atoms with Gasteiger partial charge in [0, 0.05) is 34.9 Å². The topological polar surface area (TPSA) is 83.4 Å². The molecule has 0 unspecified atom stereocenters. The number of fused-ring (bicyclic) bond motifs is 1. The Morgan fingerprint density at radius 1 is 1.00 bits per heavy atom.